The molecule has 0 saturated carbocycles. The molecule has 0 N–H and O–H groups in total. The van der Waals surface area contributed by atoms with Crippen LogP contribution >= 0.6 is 52.3 Å². The molecule has 0 saturated heterocycles. The van der Waals surface area contributed by atoms with Crippen LogP contribution in [0.15, 0.2) is 60.4 Å². The minimum atomic E-state index is -0.478. The van der Waals surface area contributed by atoms with Gasteiger partial charge >= 0.3 is 0 Å². The van der Waals surface area contributed by atoms with E-state index in [0.29, 0.717) is 8.50 Å². The third-order valence-corrected chi connectivity index (χ3v) is 6.10. The molecule has 0 spiro atoms. The summed E-state index contributed by atoms with van der Waals surface area (Å²) < 4.78 is 17.0. The number of hydrogen-bond acceptors (Lipinski definition) is 3. The van der Waals surface area contributed by atoms with Gasteiger partial charge in [0, 0.05) is 9.47 Å². The van der Waals surface area contributed by atoms with Crippen molar-refractivity contribution in [2.24, 2.45) is 0 Å². The second kappa shape index (κ2) is 22.2. The van der Waals surface area contributed by atoms with E-state index < -0.39 is 7.53 Å². The van der Waals surface area contributed by atoms with Gasteiger partial charge in [0.05, 0.1) is 22.1 Å². The zero-order valence-electron chi connectivity index (χ0n) is 17.6. The fourth-order valence-electron chi connectivity index (χ4n) is 2.28. The Labute approximate surface area is 190 Å². The summed E-state index contributed by atoms with van der Waals surface area (Å²) in [5, 5.41) is 0. The molecule has 0 radical (unpaired) electrons. The van der Waals surface area contributed by atoms with Gasteiger partial charge in [-0.15, -0.1) is 0 Å². The van der Waals surface area contributed by atoms with Gasteiger partial charge in [-0.25, -0.2) is 0 Å². The first-order chi connectivity index (χ1) is 14.1. The van der Waals surface area contributed by atoms with Gasteiger partial charge in [0.2, 0.25) is 0 Å². The van der Waals surface area contributed by atoms with E-state index in [-0.39, 0.29) is 12.2 Å². The molecule has 0 fully saturated rings. The Kier molecular flexibility index (Phi) is 23.0. The Morgan fingerprint density at radius 1 is 1.03 bits per heavy atom. The van der Waals surface area contributed by atoms with Crippen LogP contribution in [0.4, 0.5) is 0 Å². The summed E-state index contributed by atoms with van der Waals surface area (Å²) in [6.45, 7) is 4.32. The lowest BCUT2D eigenvalue weighted by Crippen LogP contribution is -2.11. The first-order valence-electron chi connectivity index (χ1n) is 9.88. The Balaban J connectivity index is 4.32. The molecule has 29 heavy (non-hydrogen) atoms. The van der Waals surface area contributed by atoms with E-state index in [9.17, 15) is 0 Å². The average molecular weight is 512 g/mol. The summed E-state index contributed by atoms with van der Waals surface area (Å²) in [5.41, 5.74) is 0. The monoisotopic (exact) mass is 512 g/mol. The Morgan fingerprint density at radius 2 is 1.72 bits per heavy atom. The Morgan fingerprint density at radius 3 is 2.28 bits per heavy atom. The van der Waals surface area contributed by atoms with Crippen molar-refractivity contribution >= 4 is 52.3 Å². The largest absolute Gasteiger partial charge is 0.475 e. The molecule has 3 nitrogen and oxygen atoms in total. The van der Waals surface area contributed by atoms with Crippen molar-refractivity contribution in [3.63, 3.8) is 0 Å². The molecule has 0 aromatic rings. The molecule has 0 aliphatic carbocycles. The summed E-state index contributed by atoms with van der Waals surface area (Å²) in [6, 6.07) is 0. The smallest absolute Gasteiger partial charge is 0.129 e. The Bertz CT molecular complexity index is 532. The van der Waals surface area contributed by atoms with Gasteiger partial charge in [-0.05, 0) is 31.8 Å². The van der Waals surface area contributed by atoms with Crippen molar-refractivity contribution in [2.45, 2.75) is 64.6 Å². The van der Waals surface area contributed by atoms with Gasteiger partial charge in [0.25, 0.3) is 0 Å². The van der Waals surface area contributed by atoms with E-state index in [2.05, 4.69) is 92.6 Å². The van der Waals surface area contributed by atoms with Gasteiger partial charge in [-0.3, -0.25) is 0 Å². The lowest BCUT2D eigenvalue weighted by atomic mass is 10.1. The van der Waals surface area contributed by atoms with Crippen molar-refractivity contribution in [2.75, 3.05) is 0 Å². The van der Waals surface area contributed by atoms with Gasteiger partial charge in [-0.1, -0.05) is 102 Å². The maximum atomic E-state index is 5.78. The zero-order chi connectivity index (χ0) is 21.7. The van der Waals surface area contributed by atoms with Crippen molar-refractivity contribution in [3.8, 4) is 0 Å². The topological polar surface area (TPSA) is 27.7 Å². The van der Waals surface area contributed by atoms with Gasteiger partial charge in [-0.2, -0.15) is 0 Å². The maximum absolute atomic E-state index is 5.78. The van der Waals surface area contributed by atoms with E-state index in [1.54, 1.807) is 0 Å². The predicted molar refractivity (Wildman–Crippen MR) is 149 cm³/mol. The van der Waals surface area contributed by atoms with E-state index >= 15 is 0 Å². The fraction of sp³-hybridized carbons (Fsp3) is 0.500. The van der Waals surface area contributed by atoms with Crippen molar-refractivity contribution < 1.29 is 13.6 Å². The van der Waals surface area contributed by atoms with Crippen molar-refractivity contribution in [1.82, 2.24) is 0 Å². The highest BCUT2D eigenvalue weighted by molar-refractivity contribution is 8.41. The molecule has 0 aromatic heterocycles. The number of unbranched alkanes of at least 4 members (excludes halogenated alkanes) is 1. The lowest BCUT2D eigenvalue weighted by Gasteiger charge is -2.18. The molecule has 7 atom stereocenters. The summed E-state index contributed by atoms with van der Waals surface area (Å²) in [7, 11) is 10.2. The molecular formula is C20H38O3P6. The molecule has 7 unspecified atom stereocenters. The van der Waals surface area contributed by atoms with Crippen LogP contribution in [0.5, 0.6) is 0 Å². The van der Waals surface area contributed by atoms with Crippen LogP contribution in [0.3, 0.4) is 0 Å². The van der Waals surface area contributed by atoms with Crippen molar-refractivity contribution in [3.05, 3.63) is 60.4 Å². The van der Waals surface area contributed by atoms with Gasteiger partial charge in [0.15, 0.2) is 0 Å². The summed E-state index contributed by atoms with van der Waals surface area (Å²) >= 11 is 0. The molecule has 0 aliphatic rings. The maximum Gasteiger partial charge on any atom is 0.129 e. The lowest BCUT2D eigenvalue weighted by molar-refractivity contribution is 0.209. The van der Waals surface area contributed by atoms with Crippen LogP contribution in [-0.2, 0) is 13.6 Å². The van der Waals surface area contributed by atoms with Crippen LogP contribution in [0.25, 0.3) is 0 Å². The van der Waals surface area contributed by atoms with Gasteiger partial charge < -0.3 is 13.6 Å². The number of rotatable bonds is 17. The van der Waals surface area contributed by atoms with Crippen LogP contribution in [0.1, 0.15) is 52.4 Å². The highest BCUT2D eigenvalue weighted by Crippen LogP contribution is 2.54. The average Bonchev–Trinajstić information content (AvgIpc) is 2.71. The summed E-state index contributed by atoms with van der Waals surface area (Å²) in [4.78, 5) is 0. The highest BCUT2D eigenvalue weighted by atomic mass is 32.4. The SMILES string of the molecule is CCCCC(OP)/C(=C/C=C/C/C=C\C/C=C\C=C\C(CC)OP(P)P)OPP. The van der Waals surface area contributed by atoms with Crippen LogP contribution in [0, 0.1) is 0 Å². The minimum absolute atomic E-state index is 0.00299. The third kappa shape index (κ3) is 18.3. The van der Waals surface area contributed by atoms with Gasteiger partial charge in [0.1, 0.15) is 11.9 Å². The first kappa shape index (κ1) is 30.0. The number of hydrogen-bond donors (Lipinski definition) is 0. The van der Waals surface area contributed by atoms with E-state index in [4.69, 9.17) is 13.6 Å². The zero-order valence-corrected chi connectivity index (χ0v) is 24.1. The molecule has 0 bridgehead atoms. The molecule has 0 aliphatic heterocycles. The second-order valence-electron chi connectivity index (χ2n) is 6.15. The summed E-state index contributed by atoms with van der Waals surface area (Å²) in [6.07, 6.45) is 25.2. The standard InChI is InChI=1S/C20H38O3P6/c1-3-5-16-19(21-24)20(22-28-25)17-14-12-10-8-6-7-9-11-13-15-18(4-2)23-29(26)27/h6,8-9,11-15,17-19,28H,3-5,7,10,16,24-27H2,1-2H3/b8-6-,11-9-,14-12+,15-13+,20-17-. The molecule has 0 amide bonds. The van der Waals surface area contributed by atoms with Crippen LogP contribution < -0.4 is 0 Å². The molecular weight excluding hydrogens is 474 g/mol. The Hall–Kier alpha value is 1.00. The normalized spacial score (nSPS) is 15.9. The molecule has 9 heteroatoms. The summed E-state index contributed by atoms with van der Waals surface area (Å²) in [5.74, 6) is 0.891. The first-order valence-corrected chi connectivity index (χ1v) is 17.6. The molecule has 0 heterocycles. The third-order valence-electron chi connectivity index (χ3n) is 3.82. The van der Waals surface area contributed by atoms with E-state index in [1.807, 2.05) is 12.2 Å². The molecule has 0 rings (SSSR count). The quantitative estimate of drug-likeness (QED) is 0.0848. The molecule has 0 aromatic carbocycles. The van der Waals surface area contributed by atoms with Crippen LogP contribution in [-0.4, -0.2) is 12.2 Å². The second-order valence-corrected chi connectivity index (χ2v) is 13.3. The van der Waals surface area contributed by atoms with Crippen LogP contribution in [0.2, 0.25) is 0 Å². The highest BCUT2D eigenvalue weighted by Gasteiger charge is 2.13. The van der Waals surface area contributed by atoms with E-state index in [0.717, 1.165) is 44.3 Å². The molecule has 166 valence electrons. The minimum Gasteiger partial charge on any atom is -0.475 e. The predicted octanol–water partition coefficient (Wildman–Crippen LogP) is 8.41. The van der Waals surface area contributed by atoms with E-state index in [1.165, 1.54) is 0 Å². The van der Waals surface area contributed by atoms with Crippen molar-refractivity contribution in [1.29, 1.82) is 0 Å². The fourth-order valence-corrected chi connectivity index (χ4v) is 4.76. The number of allylic oxidation sites excluding steroid dienone is 8.